The van der Waals surface area contributed by atoms with Gasteiger partial charge in [-0.2, -0.15) is 10.1 Å². The SMILES string of the molecule is Cc1nc([C@]2(c3cnn(C)c3)c3[nH]c4ccccc4c3CCN2c2nc(-c3ccc(F)cc3)c[nH]2)no1. The molecule has 9 nitrogen and oxygen atoms in total. The molecule has 0 saturated heterocycles. The Kier molecular flexibility index (Phi) is 4.59. The number of halogens is 1. The minimum atomic E-state index is -0.990. The Hall–Kier alpha value is -4.73. The van der Waals surface area contributed by atoms with Crippen LogP contribution in [0.15, 0.2) is 71.6 Å². The molecule has 184 valence electrons. The first kappa shape index (κ1) is 21.5. The van der Waals surface area contributed by atoms with E-state index in [-0.39, 0.29) is 5.82 Å². The number of aromatic nitrogens is 7. The predicted octanol–water partition coefficient (Wildman–Crippen LogP) is 4.48. The van der Waals surface area contributed by atoms with Crippen LogP contribution in [0.1, 0.15) is 28.5 Å². The molecule has 1 aliphatic rings. The number of hydrogen-bond donors (Lipinski definition) is 2. The smallest absolute Gasteiger partial charge is 0.223 e. The van der Waals surface area contributed by atoms with Crippen molar-refractivity contribution in [1.29, 1.82) is 0 Å². The molecule has 0 unspecified atom stereocenters. The van der Waals surface area contributed by atoms with E-state index < -0.39 is 5.54 Å². The van der Waals surface area contributed by atoms with Crippen LogP contribution in [0.2, 0.25) is 0 Å². The van der Waals surface area contributed by atoms with Crippen LogP contribution >= 0.6 is 0 Å². The summed E-state index contributed by atoms with van der Waals surface area (Å²) >= 11 is 0. The zero-order valence-electron chi connectivity index (χ0n) is 20.2. The van der Waals surface area contributed by atoms with Gasteiger partial charge in [-0.3, -0.25) is 4.68 Å². The van der Waals surface area contributed by atoms with Gasteiger partial charge in [0.15, 0.2) is 5.54 Å². The minimum Gasteiger partial charge on any atom is -0.356 e. The van der Waals surface area contributed by atoms with Crippen molar-refractivity contribution in [2.24, 2.45) is 7.05 Å². The molecule has 1 atom stereocenters. The summed E-state index contributed by atoms with van der Waals surface area (Å²) in [5.41, 5.74) is 4.60. The lowest BCUT2D eigenvalue weighted by Gasteiger charge is -2.44. The zero-order chi connectivity index (χ0) is 25.1. The van der Waals surface area contributed by atoms with Crippen LogP contribution in [0.5, 0.6) is 0 Å². The van der Waals surface area contributed by atoms with E-state index in [1.54, 1.807) is 23.7 Å². The topological polar surface area (TPSA) is 104 Å². The first-order valence-corrected chi connectivity index (χ1v) is 12.0. The zero-order valence-corrected chi connectivity index (χ0v) is 20.2. The number of benzene rings is 2. The number of aryl methyl sites for hydroxylation is 2. The molecule has 0 aliphatic carbocycles. The lowest BCUT2D eigenvalue weighted by Crippen LogP contribution is -2.53. The summed E-state index contributed by atoms with van der Waals surface area (Å²) < 4.78 is 20.8. The molecule has 0 bridgehead atoms. The predicted molar refractivity (Wildman–Crippen MR) is 135 cm³/mol. The quantitative estimate of drug-likeness (QED) is 0.375. The Morgan fingerprint density at radius 3 is 2.68 bits per heavy atom. The molecule has 0 radical (unpaired) electrons. The van der Waals surface area contributed by atoms with Gasteiger partial charge in [0, 0.05) is 54.9 Å². The van der Waals surface area contributed by atoms with E-state index in [4.69, 9.17) is 14.5 Å². The second-order valence-electron chi connectivity index (χ2n) is 9.29. The highest BCUT2D eigenvalue weighted by molar-refractivity contribution is 5.87. The highest BCUT2D eigenvalue weighted by Gasteiger charge is 2.53. The second-order valence-corrected chi connectivity index (χ2v) is 9.29. The van der Waals surface area contributed by atoms with Gasteiger partial charge in [0.2, 0.25) is 17.7 Å². The average Bonchev–Trinajstić information content (AvgIpc) is 3.70. The standard InChI is InChI=1S/C27H23FN8O/c1-16-31-25(34-37-16)27(18-13-30-35(2)15-18)24-21(20-5-3-4-6-22(20)32-24)11-12-36(27)26-29-14-23(33-26)17-7-9-19(28)10-8-17/h3-10,13-15,32H,11-12H2,1-2H3,(H,29,33)/t27-/m0/s1. The van der Waals surface area contributed by atoms with Crippen LogP contribution in [-0.4, -0.2) is 41.4 Å². The van der Waals surface area contributed by atoms with Crippen LogP contribution in [0.3, 0.4) is 0 Å². The highest BCUT2D eigenvalue weighted by Crippen LogP contribution is 2.48. The summed E-state index contributed by atoms with van der Waals surface area (Å²) in [6, 6.07) is 14.6. The molecule has 0 spiro atoms. The number of para-hydroxylation sites is 1. The highest BCUT2D eigenvalue weighted by atomic mass is 19.1. The lowest BCUT2D eigenvalue weighted by atomic mass is 9.79. The fraction of sp³-hybridized carbons (Fsp3) is 0.185. The summed E-state index contributed by atoms with van der Waals surface area (Å²) in [7, 11) is 1.89. The molecule has 6 aromatic rings. The first-order chi connectivity index (χ1) is 18.0. The molecule has 10 heteroatoms. The van der Waals surface area contributed by atoms with Crippen molar-refractivity contribution in [3.8, 4) is 11.3 Å². The molecular formula is C27H23FN8O. The van der Waals surface area contributed by atoms with Crippen LogP contribution < -0.4 is 4.90 Å². The fourth-order valence-corrected chi connectivity index (χ4v) is 5.49. The first-order valence-electron chi connectivity index (χ1n) is 12.0. The number of rotatable bonds is 4. The summed E-state index contributed by atoms with van der Waals surface area (Å²) in [6.07, 6.45) is 6.43. The maximum absolute atomic E-state index is 13.5. The van der Waals surface area contributed by atoms with Gasteiger partial charge in [-0.05, 0) is 42.3 Å². The van der Waals surface area contributed by atoms with E-state index in [0.29, 0.717) is 29.9 Å². The Balaban J connectivity index is 1.50. The molecule has 5 heterocycles. The van der Waals surface area contributed by atoms with E-state index in [0.717, 1.165) is 34.1 Å². The van der Waals surface area contributed by atoms with Crippen molar-refractivity contribution in [3.05, 3.63) is 101 Å². The summed E-state index contributed by atoms with van der Waals surface area (Å²) in [6.45, 7) is 2.42. The normalized spacial score (nSPS) is 17.4. The van der Waals surface area contributed by atoms with E-state index >= 15 is 0 Å². The molecule has 37 heavy (non-hydrogen) atoms. The minimum absolute atomic E-state index is 0.287. The number of fused-ring (bicyclic) bond motifs is 3. The van der Waals surface area contributed by atoms with Gasteiger partial charge in [-0.1, -0.05) is 23.4 Å². The number of imidazole rings is 1. The van der Waals surface area contributed by atoms with Gasteiger partial charge in [0.05, 0.1) is 17.6 Å². The maximum atomic E-state index is 13.5. The second kappa shape index (κ2) is 7.89. The van der Waals surface area contributed by atoms with Gasteiger partial charge in [-0.25, -0.2) is 9.37 Å². The number of anilines is 1. The van der Waals surface area contributed by atoms with Crippen molar-refractivity contribution in [2.75, 3.05) is 11.4 Å². The number of nitrogens with one attached hydrogen (secondary N) is 2. The lowest BCUT2D eigenvalue weighted by molar-refractivity contribution is 0.371. The number of aromatic amines is 2. The number of nitrogens with zero attached hydrogens (tertiary/aromatic N) is 6. The van der Waals surface area contributed by atoms with Gasteiger partial charge in [0.25, 0.3) is 0 Å². The molecule has 4 aromatic heterocycles. The van der Waals surface area contributed by atoms with Crippen LogP contribution in [0.4, 0.5) is 10.3 Å². The average molecular weight is 495 g/mol. The van der Waals surface area contributed by atoms with Gasteiger partial charge in [-0.15, -0.1) is 0 Å². The van der Waals surface area contributed by atoms with Gasteiger partial charge in [0.1, 0.15) is 5.82 Å². The Morgan fingerprint density at radius 2 is 1.92 bits per heavy atom. The van der Waals surface area contributed by atoms with Crippen molar-refractivity contribution >= 4 is 16.9 Å². The maximum Gasteiger partial charge on any atom is 0.223 e. The summed E-state index contributed by atoms with van der Waals surface area (Å²) in [4.78, 5) is 18.9. The van der Waals surface area contributed by atoms with Crippen molar-refractivity contribution in [1.82, 2.24) is 34.9 Å². The van der Waals surface area contributed by atoms with Crippen molar-refractivity contribution in [3.63, 3.8) is 0 Å². The third kappa shape index (κ3) is 3.15. The molecule has 1 aliphatic heterocycles. The molecule has 0 saturated carbocycles. The Labute approximate surface area is 211 Å². The van der Waals surface area contributed by atoms with E-state index in [2.05, 4.69) is 43.3 Å². The van der Waals surface area contributed by atoms with E-state index in [1.165, 1.54) is 17.7 Å². The van der Waals surface area contributed by atoms with Crippen molar-refractivity contribution in [2.45, 2.75) is 18.9 Å². The third-order valence-corrected chi connectivity index (χ3v) is 7.10. The number of hydrogen-bond acceptors (Lipinski definition) is 6. The molecule has 2 N–H and O–H groups in total. The van der Waals surface area contributed by atoms with Crippen LogP contribution in [0, 0.1) is 12.7 Å². The monoisotopic (exact) mass is 494 g/mol. The van der Waals surface area contributed by atoms with Crippen LogP contribution in [0.25, 0.3) is 22.2 Å². The van der Waals surface area contributed by atoms with Gasteiger partial charge >= 0.3 is 0 Å². The third-order valence-electron chi connectivity index (χ3n) is 7.10. The molecule has 0 fully saturated rings. The van der Waals surface area contributed by atoms with E-state index in [9.17, 15) is 4.39 Å². The Morgan fingerprint density at radius 1 is 1.08 bits per heavy atom. The Bertz CT molecular complexity index is 1700. The number of H-pyrrole nitrogens is 2. The summed E-state index contributed by atoms with van der Waals surface area (Å²) in [5.74, 6) is 1.30. The van der Waals surface area contributed by atoms with Crippen molar-refractivity contribution < 1.29 is 8.91 Å². The largest absolute Gasteiger partial charge is 0.356 e. The summed E-state index contributed by atoms with van der Waals surface area (Å²) in [5, 5.41) is 10.1. The fourth-order valence-electron chi connectivity index (χ4n) is 5.49. The van der Waals surface area contributed by atoms with E-state index in [1.807, 2.05) is 31.7 Å². The molecule has 0 amide bonds. The molecule has 7 rings (SSSR count). The molecule has 2 aromatic carbocycles. The van der Waals surface area contributed by atoms with Crippen LogP contribution in [-0.2, 0) is 19.0 Å². The van der Waals surface area contributed by atoms with Gasteiger partial charge < -0.3 is 19.4 Å². The molecular weight excluding hydrogens is 471 g/mol.